The van der Waals surface area contributed by atoms with E-state index in [1.165, 1.54) is 64.5 Å². The maximum atomic E-state index is 9.86. The monoisotopic (exact) mass is 384 g/mol. The molecule has 0 spiro atoms. The SMILES string of the molecule is CC1CCCCC1N=C(Nc1cccc(O)c1)N1CCC(N2CCCC2)CC1. The number of nitrogens with one attached hydrogen (secondary N) is 1. The lowest BCUT2D eigenvalue weighted by atomic mass is 9.86. The third kappa shape index (κ3) is 4.80. The fourth-order valence-corrected chi connectivity index (χ4v) is 5.10. The predicted octanol–water partition coefficient (Wildman–Crippen LogP) is 4.30. The molecule has 2 heterocycles. The Morgan fingerprint density at radius 3 is 2.46 bits per heavy atom. The van der Waals surface area contributed by atoms with Crippen LogP contribution >= 0.6 is 0 Å². The highest BCUT2D eigenvalue weighted by atomic mass is 16.3. The molecule has 3 aliphatic rings. The quantitative estimate of drug-likeness (QED) is 0.603. The van der Waals surface area contributed by atoms with Gasteiger partial charge >= 0.3 is 0 Å². The molecule has 1 saturated carbocycles. The van der Waals surface area contributed by atoms with Gasteiger partial charge in [-0.05, 0) is 69.7 Å². The minimum Gasteiger partial charge on any atom is -0.508 e. The molecule has 3 fully saturated rings. The van der Waals surface area contributed by atoms with Gasteiger partial charge in [-0.3, -0.25) is 0 Å². The number of phenolic OH excluding ortho intramolecular Hbond substituents is 1. The highest BCUT2D eigenvalue weighted by Gasteiger charge is 2.29. The fourth-order valence-electron chi connectivity index (χ4n) is 5.10. The standard InChI is InChI=1S/C23H36N4O/c1-18-7-2-3-10-22(18)25-23(24-19-8-6-9-21(28)17-19)27-15-11-20(12-16-27)26-13-4-5-14-26/h6,8-9,17-18,20,22,28H,2-5,7,10-16H2,1H3,(H,24,25). The third-order valence-corrected chi connectivity index (χ3v) is 6.88. The summed E-state index contributed by atoms with van der Waals surface area (Å²) in [4.78, 5) is 10.4. The Morgan fingerprint density at radius 1 is 1.00 bits per heavy atom. The Hall–Kier alpha value is -1.75. The molecular weight excluding hydrogens is 348 g/mol. The summed E-state index contributed by atoms with van der Waals surface area (Å²) in [6.45, 7) is 7.04. The van der Waals surface area contributed by atoms with Crippen molar-refractivity contribution >= 4 is 11.6 Å². The molecule has 2 aliphatic heterocycles. The van der Waals surface area contributed by atoms with E-state index in [0.717, 1.165) is 30.8 Å². The second-order valence-corrected chi connectivity index (χ2v) is 8.92. The van der Waals surface area contributed by atoms with Crippen LogP contribution in [0.5, 0.6) is 5.75 Å². The second-order valence-electron chi connectivity index (χ2n) is 8.92. The lowest BCUT2D eigenvalue weighted by molar-refractivity contribution is 0.162. The number of rotatable bonds is 3. The van der Waals surface area contributed by atoms with Crippen LogP contribution in [0.1, 0.15) is 58.3 Å². The largest absolute Gasteiger partial charge is 0.508 e. The molecule has 0 radical (unpaired) electrons. The molecule has 2 atom stereocenters. The molecule has 0 aromatic heterocycles. The number of anilines is 1. The molecule has 4 rings (SSSR count). The maximum Gasteiger partial charge on any atom is 0.198 e. The van der Waals surface area contributed by atoms with Crippen LogP contribution in [0.3, 0.4) is 0 Å². The number of hydrogen-bond donors (Lipinski definition) is 2. The first-order valence-corrected chi connectivity index (χ1v) is 11.3. The van der Waals surface area contributed by atoms with Gasteiger partial charge in [-0.25, -0.2) is 4.99 Å². The molecule has 28 heavy (non-hydrogen) atoms. The van der Waals surface area contributed by atoms with Crippen molar-refractivity contribution in [2.24, 2.45) is 10.9 Å². The minimum absolute atomic E-state index is 0.295. The zero-order chi connectivity index (χ0) is 19.3. The van der Waals surface area contributed by atoms with E-state index in [-0.39, 0.29) is 0 Å². The Bertz CT molecular complexity index is 662. The molecule has 1 aliphatic carbocycles. The van der Waals surface area contributed by atoms with Crippen molar-refractivity contribution < 1.29 is 5.11 Å². The summed E-state index contributed by atoms with van der Waals surface area (Å²) >= 11 is 0. The van der Waals surface area contributed by atoms with Crippen LogP contribution in [0.2, 0.25) is 0 Å². The van der Waals surface area contributed by atoms with E-state index in [0.29, 0.717) is 17.7 Å². The van der Waals surface area contributed by atoms with Crippen molar-refractivity contribution in [2.45, 2.75) is 70.4 Å². The Balaban J connectivity index is 1.47. The number of aliphatic imine (C=N–C) groups is 1. The van der Waals surface area contributed by atoms with Gasteiger partial charge in [-0.15, -0.1) is 0 Å². The molecule has 2 unspecified atom stereocenters. The summed E-state index contributed by atoms with van der Waals surface area (Å²) in [7, 11) is 0. The second kappa shape index (κ2) is 9.17. The number of nitrogens with zero attached hydrogens (tertiary/aromatic N) is 3. The summed E-state index contributed by atoms with van der Waals surface area (Å²) in [5.74, 6) is 1.95. The Labute approximate surface area is 169 Å². The van der Waals surface area contributed by atoms with Crippen LogP contribution in [0, 0.1) is 5.92 Å². The van der Waals surface area contributed by atoms with Crippen molar-refractivity contribution in [3.63, 3.8) is 0 Å². The number of aromatic hydroxyl groups is 1. The molecule has 0 amide bonds. The van der Waals surface area contributed by atoms with Gasteiger partial charge in [-0.1, -0.05) is 25.8 Å². The van der Waals surface area contributed by atoms with E-state index in [1.54, 1.807) is 12.1 Å². The molecule has 2 saturated heterocycles. The van der Waals surface area contributed by atoms with Gasteiger partial charge in [0.1, 0.15) is 5.75 Å². The molecule has 5 nitrogen and oxygen atoms in total. The van der Waals surface area contributed by atoms with Crippen molar-refractivity contribution in [3.05, 3.63) is 24.3 Å². The summed E-state index contributed by atoms with van der Waals surface area (Å²) in [5, 5.41) is 13.4. The van der Waals surface area contributed by atoms with Gasteiger partial charge in [-0.2, -0.15) is 0 Å². The lowest BCUT2D eigenvalue weighted by Gasteiger charge is -2.39. The summed E-state index contributed by atoms with van der Waals surface area (Å²) in [5.41, 5.74) is 0.920. The smallest absolute Gasteiger partial charge is 0.198 e. The van der Waals surface area contributed by atoms with Gasteiger partial charge < -0.3 is 20.2 Å². The number of piperidine rings is 1. The van der Waals surface area contributed by atoms with Crippen molar-refractivity contribution in [1.29, 1.82) is 0 Å². The normalized spacial score (nSPS) is 27.9. The fraction of sp³-hybridized carbons (Fsp3) is 0.696. The van der Waals surface area contributed by atoms with Gasteiger partial charge in [0.25, 0.3) is 0 Å². The van der Waals surface area contributed by atoms with Gasteiger partial charge in [0.2, 0.25) is 0 Å². The Kier molecular flexibility index (Phi) is 6.40. The van der Waals surface area contributed by atoms with Gasteiger partial charge in [0.05, 0.1) is 6.04 Å². The number of phenols is 1. The Morgan fingerprint density at radius 2 is 1.75 bits per heavy atom. The van der Waals surface area contributed by atoms with Crippen LogP contribution in [-0.4, -0.2) is 59.1 Å². The molecule has 1 aromatic carbocycles. The zero-order valence-corrected chi connectivity index (χ0v) is 17.3. The lowest BCUT2D eigenvalue weighted by Crippen LogP contribution is -2.48. The molecule has 1 aromatic rings. The number of guanidine groups is 1. The zero-order valence-electron chi connectivity index (χ0n) is 17.3. The predicted molar refractivity (Wildman–Crippen MR) is 116 cm³/mol. The van der Waals surface area contributed by atoms with Crippen molar-refractivity contribution in [2.75, 3.05) is 31.5 Å². The highest BCUT2D eigenvalue weighted by molar-refractivity contribution is 5.94. The van der Waals surface area contributed by atoms with E-state index in [2.05, 4.69) is 22.0 Å². The van der Waals surface area contributed by atoms with E-state index in [4.69, 9.17) is 4.99 Å². The van der Waals surface area contributed by atoms with Crippen LogP contribution in [0.15, 0.2) is 29.3 Å². The average molecular weight is 385 g/mol. The summed E-state index contributed by atoms with van der Waals surface area (Å²) in [6.07, 6.45) is 10.3. The molecule has 154 valence electrons. The van der Waals surface area contributed by atoms with Crippen LogP contribution < -0.4 is 5.32 Å². The summed E-state index contributed by atoms with van der Waals surface area (Å²) < 4.78 is 0. The van der Waals surface area contributed by atoms with Crippen LogP contribution in [0.4, 0.5) is 5.69 Å². The van der Waals surface area contributed by atoms with E-state index in [1.807, 2.05) is 12.1 Å². The summed E-state index contributed by atoms with van der Waals surface area (Å²) in [6, 6.07) is 8.55. The molecule has 0 bridgehead atoms. The van der Waals surface area contributed by atoms with E-state index in [9.17, 15) is 5.11 Å². The van der Waals surface area contributed by atoms with Crippen molar-refractivity contribution in [3.8, 4) is 5.75 Å². The molecule has 5 heteroatoms. The highest BCUT2D eigenvalue weighted by Crippen LogP contribution is 2.28. The molecule has 2 N–H and O–H groups in total. The first-order valence-electron chi connectivity index (χ1n) is 11.3. The minimum atomic E-state index is 0.295. The van der Waals surface area contributed by atoms with E-state index < -0.39 is 0 Å². The number of benzene rings is 1. The van der Waals surface area contributed by atoms with E-state index >= 15 is 0 Å². The van der Waals surface area contributed by atoms with Crippen LogP contribution in [0.25, 0.3) is 0 Å². The first kappa shape index (κ1) is 19.6. The van der Waals surface area contributed by atoms with Crippen LogP contribution in [-0.2, 0) is 0 Å². The third-order valence-electron chi connectivity index (χ3n) is 6.88. The van der Waals surface area contributed by atoms with Crippen molar-refractivity contribution in [1.82, 2.24) is 9.80 Å². The van der Waals surface area contributed by atoms with Gasteiger partial charge in [0.15, 0.2) is 5.96 Å². The average Bonchev–Trinajstić information content (AvgIpc) is 3.24. The molecular formula is C23H36N4O. The maximum absolute atomic E-state index is 9.86. The first-order chi connectivity index (χ1) is 13.7. The number of hydrogen-bond acceptors (Lipinski definition) is 3. The van der Waals surface area contributed by atoms with Gasteiger partial charge in [0, 0.05) is 30.9 Å². The topological polar surface area (TPSA) is 51.1 Å². The number of likely N-dealkylation sites (tertiary alicyclic amines) is 2.